The van der Waals surface area contributed by atoms with Gasteiger partial charge in [0, 0.05) is 16.1 Å². The lowest BCUT2D eigenvalue weighted by Crippen LogP contribution is -2.30. The molecule has 0 aliphatic carbocycles. The number of halogens is 2. The van der Waals surface area contributed by atoms with Crippen LogP contribution in [0.4, 0.5) is 0 Å². The summed E-state index contributed by atoms with van der Waals surface area (Å²) in [5.74, 6) is 0. The molecule has 0 bridgehead atoms. The summed E-state index contributed by atoms with van der Waals surface area (Å²) >= 11 is 12.3. The molecule has 1 unspecified atom stereocenters. The van der Waals surface area contributed by atoms with E-state index in [2.05, 4.69) is 36.5 Å². The molecular weight excluding hydrogens is 289 g/mol. The molecule has 0 aromatic heterocycles. The third-order valence-electron chi connectivity index (χ3n) is 3.45. The minimum atomic E-state index is 0.341. The maximum Gasteiger partial charge on any atom is 0.0439 e. The average Bonchev–Trinajstić information content (AvgIpc) is 2.42. The van der Waals surface area contributed by atoms with Crippen molar-refractivity contribution < 1.29 is 0 Å². The van der Waals surface area contributed by atoms with Gasteiger partial charge in [0.1, 0.15) is 0 Å². The summed E-state index contributed by atoms with van der Waals surface area (Å²) in [7, 11) is 1.99. The monoisotopic (exact) mass is 307 g/mol. The van der Waals surface area contributed by atoms with Crippen LogP contribution in [0.25, 0.3) is 0 Å². The average molecular weight is 308 g/mol. The number of nitrogens with one attached hydrogen (secondary N) is 1. The van der Waals surface area contributed by atoms with Gasteiger partial charge in [0.25, 0.3) is 0 Å². The Labute approximate surface area is 130 Å². The van der Waals surface area contributed by atoms with Crippen molar-refractivity contribution in [3.05, 3.63) is 69.2 Å². The number of likely N-dealkylation sites (N-methyl/N-ethyl adjacent to an activating group) is 1. The number of benzene rings is 2. The van der Waals surface area contributed by atoms with E-state index in [1.807, 2.05) is 25.2 Å². The molecule has 2 aromatic rings. The van der Waals surface area contributed by atoms with Crippen LogP contribution in [0.1, 0.15) is 16.7 Å². The van der Waals surface area contributed by atoms with Gasteiger partial charge in [0.05, 0.1) is 0 Å². The van der Waals surface area contributed by atoms with Crippen LogP contribution in [0.5, 0.6) is 0 Å². The second kappa shape index (κ2) is 7.12. The molecule has 3 heteroatoms. The maximum absolute atomic E-state index is 6.24. The van der Waals surface area contributed by atoms with Crippen molar-refractivity contribution in [3.8, 4) is 0 Å². The van der Waals surface area contributed by atoms with Crippen molar-refractivity contribution in [2.24, 2.45) is 0 Å². The van der Waals surface area contributed by atoms with Gasteiger partial charge in [-0.05, 0) is 56.1 Å². The molecule has 1 N–H and O–H groups in total. The van der Waals surface area contributed by atoms with Crippen LogP contribution in [0.2, 0.25) is 10.0 Å². The van der Waals surface area contributed by atoms with Crippen molar-refractivity contribution in [2.45, 2.75) is 25.8 Å². The lowest BCUT2D eigenvalue weighted by molar-refractivity contribution is 0.556. The summed E-state index contributed by atoms with van der Waals surface area (Å²) in [6.45, 7) is 2.12. The van der Waals surface area contributed by atoms with Crippen LogP contribution in [0.15, 0.2) is 42.5 Å². The summed E-state index contributed by atoms with van der Waals surface area (Å²) < 4.78 is 0. The highest BCUT2D eigenvalue weighted by Crippen LogP contribution is 2.22. The largest absolute Gasteiger partial charge is 0.316 e. The lowest BCUT2D eigenvalue weighted by Gasteiger charge is -2.17. The van der Waals surface area contributed by atoms with Crippen LogP contribution in [0, 0.1) is 6.92 Å². The normalized spacial score (nSPS) is 12.4. The topological polar surface area (TPSA) is 12.0 Å². The van der Waals surface area contributed by atoms with E-state index in [4.69, 9.17) is 23.2 Å². The predicted molar refractivity (Wildman–Crippen MR) is 87.9 cm³/mol. The van der Waals surface area contributed by atoms with E-state index in [0.717, 1.165) is 28.5 Å². The van der Waals surface area contributed by atoms with Crippen molar-refractivity contribution in [1.29, 1.82) is 0 Å². The van der Waals surface area contributed by atoms with Gasteiger partial charge in [-0.3, -0.25) is 0 Å². The molecule has 1 atom stereocenters. The quantitative estimate of drug-likeness (QED) is 0.846. The number of rotatable bonds is 5. The fourth-order valence-electron chi connectivity index (χ4n) is 2.37. The molecule has 0 amide bonds. The molecular formula is C17H19Cl2N. The fraction of sp³-hybridized carbons (Fsp3) is 0.294. The number of hydrogen-bond acceptors (Lipinski definition) is 1. The molecule has 2 rings (SSSR count). The van der Waals surface area contributed by atoms with Crippen molar-refractivity contribution >= 4 is 23.2 Å². The molecule has 0 heterocycles. The van der Waals surface area contributed by atoms with E-state index in [1.54, 1.807) is 0 Å². The van der Waals surface area contributed by atoms with Gasteiger partial charge in [-0.15, -0.1) is 0 Å². The first-order valence-electron chi connectivity index (χ1n) is 6.75. The maximum atomic E-state index is 6.24. The van der Waals surface area contributed by atoms with E-state index in [1.165, 1.54) is 11.1 Å². The SMILES string of the molecule is CNC(Cc1cccc(C)c1)Cc1cc(Cl)ccc1Cl. The second-order valence-corrected chi connectivity index (χ2v) is 5.96. The van der Waals surface area contributed by atoms with Crippen LogP contribution >= 0.6 is 23.2 Å². The third-order valence-corrected chi connectivity index (χ3v) is 4.05. The molecule has 0 fully saturated rings. The molecule has 1 nitrogen and oxygen atoms in total. The highest BCUT2D eigenvalue weighted by Gasteiger charge is 2.11. The van der Waals surface area contributed by atoms with Gasteiger partial charge in [-0.1, -0.05) is 53.0 Å². The van der Waals surface area contributed by atoms with Gasteiger partial charge in [-0.25, -0.2) is 0 Å². The van der Waals surface area contributed by atoms with Gasteiger partial charge in [0.2, 0.25) is 0 Å². The molecule has 106 valence electrons. The van der Waals surface area contributed by atoms with Crippen molar-refractivity contribution in [2.75, 3.05) is 7.05 Å². The highest BCUT2D eigenvalue weighted by atomic mass is 35.5. The van der Waals surface area contributed by atoms with Crippen LogP contribution in [-0.2, 0) is 12.8 Å². The minimum Gasteiger partial charge on any atom is -0.316 e. The van der Waals surface area contributed by atoms with Crippen molar-refractivity contribution in [3.63, 3.8) is 0 Å². The van der Waals surface area contributed by atoms with Crippen LogP contribution < -0.4 is 5.32 Å². The number of aryl methyl sites for hydroxylation is 1. The van der Waals surface area contributed by atoms with E-state index >= 15 is 0 Å². The lowest BCUT2D eigenvalue weighted by atomic mass is 9.98. The Morgan fingerprint density at radius 1 is 1.05 bits per heavy atom. The van der Waals surface area contributed by atoms with E-state index in [0.29, 0.717) is 6.04 Å². The molecule has 0 saturated heterocycles. The Balaban J connectivity index is 2.11. The zero-order chi connectivity index (χ0) is 14.5. The van der Waals surface area contributed by atoms with Crippen molar-refractivity contribution in [1.82, 2.24) is 5.32 Å². The van der Waals surface area contributed by atoms with Gasteiger partial charge < -0.3 is 5.32 Å². The highest BCUT2D eigenvalue weighted by molar-refractivity contribution is 6.33. The molecule has 0 spiro atoms. The van der Waals surface area contributed by atoms with E-state index < -0.39 is 0 Å². The molecule has 20 heavy (non-hydrogen) atoms. The summed E-state index contributed by atoms with van der Waals surface area (Å²) in [5.41, 5.74) is 3.71. The van der Waals surface area contributed by atoms with E-state index in [-0.39, 0.29) is 0 Å². The minimum absolute atomic E-state index is 0.341. The van der Waals surface area contributed by atoms with Crippen LogP contribution in [-0.4, -0.2) is 13.1 Å². The zero-order valence-electron chi connectivity index (χ0n) is 11.8. The fourth-order valence-corrected chi connectivity index (χ4v) is 2.75. The predicted octanol–water partition coefficient (Wildman–Crippen LogP) is 4.68. The molecule has 0 aliphatic rings. The third kappa shape index (κ3) is 4.24. The molecule has 0 saturated carbocycles. The Bertz CT molecular complexity index is 581. The summed E-state index contributed by atoms with van der Waals surface area (Å²) in [6.07, 6.45) is 1.84. The smallest absolute Gasteiger partial charge is 0.0439 e. The zero-order valence-corrected chi connectivity index (χ0v) is 13.3. The Hall–Kier alpha value is -1.02. The van der Waals surface area contributed by atoms with E-state index in [9.17, 15) is 0 Å². The summed E-state index contributed by atoms with van der Waals surface area (Å²) in [4.78, 5) is 0. The molecule has 2 aromatic carbocycles. The summed E-state index contributed by atoms with van der Waals surface area (Å²) in [6, 6.07) is 14.6. The van der Waals surface area contributed by atoms with Gasteiger partial charge in [0.15, 0.2) is 0 Å². The van der Waals surface area contributed by atoms with Gasteiger partial charge in [-0.2, -0.15) is 0 Å². The Kier molecular flexibility index (Phi) is 5.47. The van der Waals surface area contributed by atoms with Crippen LogP contribution in [0.3, 0.4) is 0 Å². The second-order valence-electron chi connectivity index (χ2n) is 5.12. The molecule has 0 aliphatic heterocycles. The van der Waals surface area contributed by atoms with Gasteiger partial charge >= 0.3 is 0 Å². The first-order valence-corrected chi connectivity index (χ1v) is 7.51. The molecule has 0 radical (unpaired) electrons. The Morgan fingerprint density at radius 3 is 2.55 bits per heavy atom. The first-order chi connectivity index (χ1) is 9.58. The first kappa shape index (κ1) is 15.4. The number of hydrogen-bond donors (Lipinski definition) is 1. The standard InChI is InChI=1S/C17H19Cl2N/c1-12-4-3-5-13(8-12)9-16(20-2)11-14-10-15(18)6-7-17(14)19/h3-8,10,16,20H,9,11H2,1-2H3. The Morgan fingerprint density at radius 2 is 1.85 bits per heavy atom. The summed E-state index contributed by atoms with van der Waals surface area (Å²) in [5, 5.41) is 4.87.